The van der Waals surface area contributed by atoms with Crippen molar-refractivity contribution in [2.75, 3.05) is 13.1 Å². The van der Waals surface area contributed by atoms with E-state index in [0.29, 0.717) is 49.2 Å². The van der Waals surface area contributed by atoms with Crippen molar-refractivity contribution >= 4 is 17.5 Å². The van der Waals surface area contributed by atoms with Crippen molar-refractivity contribution in [1.82, 2.24) is 30.6 Å². The molecule has 3 aromatic heterocycles. The largest absolute Gasteiger partial charge is 0.417 e. The van der Waals surface area contributed by atoms with E-state index in [0.717, 1.165) is 34.6 Å². The molecule has 0 radical (unpaired) electrons. The summed E-state index contributed by atoms with van der Waals surface area (Å²) in [6.45, 7) is 3.87. The van der Waals surface area contributed by atoms with Crippen LogP contribution in [0.1, 0.15) is 51.3 Å². The van der Waals surface area contributed by atoms with Gasteiger partial charge in [-0.1, -0.05) is 6.92 Å². The first-order valence-electron chi connectivity index (χ1n) is 10.7. The van der Waals surface area contributed by atoms with Gasteiger partial charge in [0.1, 0.15) is 0 Å². The van der Waals surface area contributed by atoms with Crippen LogP contribution in [0.5, 0.6) is 11.8 Å². The molecular weight excluding hydrogens is 435 g/mol. The second-order valence-corrected chi connectivity index (χ2v) is 8.75. The van der Waals surface area contributed by atoms with Crippen molar-refractivity contribution in [2.24, 2.45) is 0 Å². The smallest absolute Gasteiger partial charge is 0.258 e. The third-order valence-electron chi connectivity index (χ3n) is 6.44. The van der Waals surface area contributed by atoms with E-state index in [1.165, 1.54) is 0 Å². The Morgan fingerprint density at radius 2 is 2.03 bits per heavy atom. The molecule has 0 fully saturated rings. The molecule has 1 aliphatic carbocycles. The summed E-state index contributed by atoms with van der Waals surface area (Å²) >= 11 is 6.08. The molecule has 1 unspecified atom stereocenters. The maximum Gasteiger partial charge on any atom is 0.258 e. The highest BCUT2D eigenvalue weighted by Gasteiger charge is 2.34. The fourth-order valence-corrected chi connectivity index (χ4v) is 5.02. The van der Waals surface area contributed by atoms with Crippen LogP contribution in [0, 0.1) is 5.82 Å². The van der Waals surface area contributed by atoms with Crippen LogP contribution in [0.2, 0.25) is 5.28 Å². The number of rotatable bonds is 2. The number of amides is 1. The number of pyridine rings is 1. The molecule has 0 saturated carbocycles. The first-order valence-corrected chi connectivity index (χ1v) is 11.0. The molecule has 3 aromatic rings. The van der Waals surface area contributed by atoms with Crippen LogP contribution in [0.4, 0.5) is 4.39 Å². The molecule has 1 atom stereocenters. The predicted molar refractivity (Wildman–Crippen MR) is 115 cm³/mol. The number of aromatic nitrogens is 4. The number of ether oxygens (including phenoxy) is 1. The number of carbonyl (C=O) groups is 1. The third kappa shape index (κ3) is 2.91. The molecule has 0 saturated heterocycles. The van der Waals surface area contributed by atoms with Crippen molar-refractivity contribution < 1.29 is 13.9 Å². The monoisotopic (exact) mass is 454 g/mol. The fraction of sp³-hybridized carbons (Fsp3) is 0.364. The number of aromatic amines is 1. The summed E-state index contributed by atoms with van der Waals surface area (Å²) in [6.07, 6.45) is 3.56. The Morgan fingerprint density at radius 3 is 2.91 bits per heavy atom. The van der Waals surface area contributed by atoms with E-state index in [1.54, 1.807) is 6.20 Å². The van der Waals surface area contributed by atoms with Crippen LogP contribution in [0.3, 0.4) is 0 Å². The molecule has 164 valence electrons. The summed E-state index contributed by atoms with van der Waals surface area (Å²) in [5.74, 6) is -0.542. The van der Waals surface area contributed by atoms with E-state index >= 15 is 4.39 Å². The lowest BCUT2D eigenvalue weighted by molar-refractivity contribution is 0.0940. The SMILES string of the molecule is CC1CNC(=O)c2c1[nH]c1c2CCc2cnc(Oc3nc(Cl)nc4c3CNCC4)c(F)c2-1. The van der Waals surface area contributed by atoms with Gasteiger partial charge in [0.15, 0.2) is 5.82 Å². The maximum atomic E-state index is 15.8. The Kier molecular flexibility index (Phi) is 4.44. The van der Waals surface area contributed by atoms with Gasteiger partial charge in [0.25, 0.3) is 11.8 Å². The van der Waals surface area contributed by atoms with Gasteiger partial charge in [-0.05, 0) is 35.6 Å². The first-order chi connectivity index (χ1) is 15.5. The normalized spacial score (nSPS) is 18.8. The maximum absolute atomic E-state index is 15.8. The van der Waals surface area contributed by atoms with E-state index in [9.17, 15) is 4.79 Å². The Labute approximate surface area is 188 Å². The molecule has 8 nitrogen and oxygen atoms in total. The van der Waals surface area contributed by atoms with Crippen LogP contribution in [-0.4, -0.2) is 38.9 Å². The van der Waals surface area contributed by atoms with Gasteiger partial charge < -0.3 is 20.4 Å². The minimum Gasteiger partial charge on any atom is -0.417 e. The average molecular weight is 455 g/mol. The summed E-state index contributed by atoms with van der Waals surface area (Å²) in [5, 5.41) is 6.21. The number of hydrogen-bond acceptors (Lipinski definition) is 6. The van der Waals surface area contributed by atoms with Gasteiger partial charge >= 0.3 is 0 Å². The molecule has 0 spiro atoms. The molecule has 32 heavy (non-hydrogen) atoms. The number of H-pyrrole nitrogens is 1. The zero-order valence-electron chi connectivity index (χ0n) is 17.3. The summed E-state index contributed by atoms with van der Waals surface area (Å²) in [7, 11) is 0. The van der Waals surface area contributed by atoms with Crippen LogP contribution < -0.4 is 15.4 Å². The van der Waals surface area contributed by atoms with E-state index in [-0.39, 0.29) is 28.9 Å². The minimum atomic E-state index is -0.581. The second kappa shape index (κ2) is 7.25. The van der Waals surface area contributed by atoms with Gasteiger partial charge in [0.2, 0.25) is 11.2 Å². The number of aryl methyl sites for hydroxylation is 1. The van der Waals surface area contributed by atoms with Gasteiger partial charge in [-0.15, -0.1) is 0 Å². The molecule has 5 heterocycles. The minimum absolute atomic E-state index is 0.0540. The lowest BCUT2D eigenvalue weighted by atomic mass is 9.87. The zero-order chi connectivity index (χ0) is 22.0. The van der Waals surface area contributed by atoms with Gasteiger partial charge in [-0.3, -0.25) is 4.79 Å². The van der Waals surface area contributed by atoms with E-state index in [4.69, 9.17) is 16.3 Å². The molecule has 3 N–H and O–H groups in total. The summed E-state index contributed by atoms with van der Waals surface area (Å²) < 4.78 is 21.7. The van der Waals surface area contributed by atoms with Crippen molar-refractivity contribution in [2.45, 2.75) is 38.6 Å². The second-order valence-electron chi connectivity index (χ2n) is 8.41. The number of nitrogens with zero attached hydrogens (tertiary/aromatic N) is 3. The van der Waals surface area contributed by atoms with E-state index in [2.05, 4.69) is 30.6 Å². The van der Waals surface area contributed by atoms with Gasteiger partial charge in [-0.25, -0.2) is 14.4 Å². The van der Waals surface area contributed by atoms with Crippen molar-refractivity contribution in [1.29, 1.82) is 0 Å². The molecule has 10 heteroatoms. The highest BCUT2D eigenvalue weighted by atomic mass is 35.5. The summed E-state index contributed by atoms with van der Waals surface area (Å²) in [6, 6.07) is 0. The first kappa shape index (κ1) is 19.6. The van der Waals surface area contributed by atoms with Gasteiger partial charge in [0, 0.05) is 49.4 Å². The number of carbonyl (C=O) groups excluding carboxylic acids is 1. The van der Waals surface area contributed by atoms with Crippen LogP contribution in [-0.2, 0) is 25.8 Å². The topological polar surface area (TPSA) is 105 Å². The Balaban J connectivity index is 1.46. The molecule has 3 aliphatic rings. The van der Waals surface area contributed by atoms with Crippen LogP contribution in [0.25, 0.3) is 11.3 Å². The van der Waals surface area contributed by atoms with Crippen molar-refractivity contribution in [3.05, 3.63) is 50.9 Å². The molecule has 0 aromatic carbocycles. The number of hydrogen-bond donors (Lipinski definition) is 3. The summed E-state index contributed by atoms with van der Waals surface area (Å²) in [5.41, 5.74) is 5.70. The van der Waals surface area contributed by atoms with E-state index < -0.39 is 5.82 Å². The Bertz CT molecular complexity index is 1290. The lowest BCUT2D eigenvalue weighted by Gasteiger charge is -2.21. The predicted octanol–water partition coefficient (Wildman–Crippen LogP) is 3.04. The Hall–Kier alpha value is -3.04. The van der Waals surface area contributed by atoms with Crippen molar-refractivity contribution in [3.8, 4) is 23.0 Å². The van der Waals surface area contributed by atoms with Crippen molar-refractivity contribution in [3.63, 3.8) is 0 Å². The number of fused-ring (bicyclic) bond motifs is 6. The number of nitrogens with one attached hydrogen (secondary N) is 3. The molecule has 6 rings (SSSR count). The average Bonchev–Trinajstić information content (AvgIpc) is 3.19. The number of halogens is 2. The Morgan fingerprint density at radius 1 is 1.16 bits per heavy atom. The summed E-state index contributed by atoms with van der Waals surface area (Å²) in [4.78, 5) is 28.6. The lowest BCUT2D eigenvalue weighted by Crippen LogP contribution is -2.34. The zero-order valence-corrected chi connectivity index (χ0v) is 18.1. The molecule has 1 amide bonds. The fourth-order valence-electron chi connectivity index (χ4n) is 4.84. The standard InChI is InChI=1S/C22H20ClFN6O2/c1-9-6-26-19(31)15-11-3-2-10-7-27-21(16(24)14(10)18(11)29-17(9)15)32-20-12-8-25-5-4-13(12)28-22(23)30-20/h7,9,25,29H,2-6,8H2,1H3,(H,26,31). The third-order valence-corrected chi connectivity index (χ3v) is 6.61. The molecule has 2 aliphatic heterocycles. The van der Waals surface area contributed by atoms with Crippen LogP contribution in [0.15, 0.2) is 6.20 Å². The quantitative estimate of drug-likeness (QED) is 0.514. The molecular formula is C22H20ClFN6O2. The molecule has 0 bridgehead atoms. The highest BCUT2D eigenvalue weighted by molar-refractivity contribution is 6.28. The van der Waals surface area contributed by atoms with Crippen LogP contribution >= 0.6 is 11.6 Å². The van der Waals surface area contributed by atoms with Gasteiger partial charge in [0.05, 0.1) is 22.5 Å². The van der Waals surface area contributed by atoms with Gasteiger partial charge in [-0.2, -0.15) is 4.98 Å². The highest BCUT2D eigenvalue weighted by Crippen LogP contribution is 2.42. The van der Waals surface area contributed by atoms with E-state index in [1.807, 2.05) is 6.92 Å².